The fraction of sp³-hybridized carbons (Fsp3) is 1.00. The van der Waals surface area contributed by atoms with Crippen LogP contribution in [0.5, 0.6) is 0 Å². The smallest absolute Gasteiger partial charge is 0.334 e. The highest BCUT2D eigenvalue weighted by Crippen LogP contribution is 2.41. The average molecular weight is 371 g/mol. The lowest BCUT2D eigenvalue weighted by molar-refractivity contribution is 0.248. The van der Waals surface area contributed by atoms with Crippen molar-refractivity contribution >= 4 is 8.56 Å². The predicted molar refractivity (Wildman–Crippen MR) is 107 cm³/mol. The van der Waals surface area contributed by atoms with Crippen LogP contribution in [0.4, 0.5) is 0 Å². The molecule has 0 aromatic carbocycles. The van der Waals surface area contributed by atoms with Gasteiger partial charge in [0.2, 0.25) is 0 Å². The first-order valence-electron chi connectivity index (χ1n) is 10.9. The lowest BCUT2D eigenvalue weighted by Gasteiger charge is -2.22. The molecule has 2 rings (SSSR count). The Morgan fingerprint density at radius 1 is 0.760 bits per heavy atom. The topological polar surface area (TPSA) is 31.0 Å². The summed E-state index contributed by atoms with van der Waals surface area (Å²) in [4.78, 5) is 0. The van der Waals surface area contributed by atoms with Gasteiger partial charge in [-0.3, -0.25) is 0 Å². The van der Waals surface area contributed by atoms with Gasteiger partial charge in [-0.15, -0.1) is 0 Å². The third-order valence-corrected chi connectivity index (χ3v) is 9.46. The largest absolute Gasteiger partial charge is 0.398 e. The van der Waals surface area contributed by atoms with Crippen LogP contribution in [0.3, 0.4) is 0 Å². The van der Waals surface area contributed by atoms with E-state index in [0.29, 0.717) is 12.2 Å². The molecule has 1 aliphatic carbocycles. The van der Waals surface area contributed by atoms with Gasteiger partial charge in [0, 0.05) is 14.2 Å². The molecule has 148 valence electrons. The molecule has 25 heavy (non-hydrogen) atoms. The first-order valence-corrected chi connectivity index (χ1v) is 13.4. The van der Waals surface area contributed by atoms with E-state index in [1.165, 1.54) is 89.9 Å². The predicted octanol–water partition coefficient (Wildman–Crippen LogP) is 6.21. The Hall–Kier alpha value is 0.0969. The van der Waals surface area contributed by atoms with Crippen LogP contribution in [0, 0.1) is 5.92 Å². The maximum Gasteiger partial charge on any atom is 0.334 e. The molecular formula is C21H42O3Si. The summed E-state index contributed by atoms with van der Waals surface area (Å²) >= 11 is 0. The zero-order valence-corrected chi connectivity index (χ0v) is 18.1. The maximum atomic E-state index is 5.63. The minimum absolute atomic E-state index is 0.666. The van der Waals surface area contributed by atoms with Crippen molar-refractivity contribution in [3.05, 3.63) is 0 Å². The van der Waals surface area contributed by atoms with Crippen LogP contribution in [0.25, 0.3) is 0 Å². The molecule has 2 fully saturated rings. The van der Waals surface area contributed by atoms with Crippen molar-refractivity contribution in [2.45, 2.75) is 115 Å². The van der Waals surface area contributed by atoms with Gasteiger partial charge in [0.15, 0.2) is 0 Å². The molecule has 0 N–H and O–H groups in total. The van der Waals surface area contributed by atoms with Gasteiger partial charge in [0.05, 0.1) is 12.2 Å². The SMILES string of the molecule is CO[Si](C)(CCCCCCCCCCCCC1CCC2OC2C1)OC. The van der Waals surface area contributed by atoms with Crippen molar-refractivity contribution in [1.29, 1.82) is 0 Å². The summed E-state index contributed by atoms with van der Waals surface area (Å²) in [6.45, 7) is 2.16. The Kier molecular flexibility index (Phi) is 10.0. The van der Waals surface area contributed by atoms with Crippen LogP contribution < -0.4 is 0 Å². The normalized spacial score (nSPS) is 25.8. The van der Waals surface area contributed by atoms with Gasteiger partial charge in [-0.2, -0.15) is 0 Å². The third-order valence-electron chi connectivity index (χ3n) is 6.47. The Morgan fingerprint density at radius 3 is 1.88 bits per heavy atom. The number of ether oxygens (including phenoxy) is 1. The molecule has 0 aromatic rings. The Bertz CT molecular complexity index is 346. The minimum atomic E-state index is -1.81. The molecule has 3 nitrogen and oxygen atoms in total. The van der Waals surface area contributed by atoms with Crippen LogP contribution in [-0.2, 0) is 13.6 Å². The molecule has 0 aromatic heterocycles. The van der Waals surface area contributed by atoms with Gasteiger partial charge in [-0.05, 0) is 37.8 Å². The van der Waals surface area contributed by atoms with E-state index in [9.17, 15) is 0 Å². The number of hydrogen-bond donors (Lipinski definition) is 0. The summed E-state index contributed by atoms with van der Waals surface area (Å²) < 4.78 is 16.7. The number of hydrogen-bond acceptors (Lipinski definition) is 3. The Morgan fingerprint density at radius 2 is 1.32 bits per heavy atom. The highest BCUT2D eigenvalue weighted by molar-refractivity contribution is 6.65. The molecule has 4 heteroatoms. The van der Waals surface area contributed by atoms with Crippen molar-refractivity contribution < 1.29 is 13.6 Å². The minimum Gasteiger partial charge on any atom is -0.398 e. The summed E-state index contributed by atoms with van der Waals surface area (Å²) in [5.74, 6) is 0.977. The van der Waals surface area contributed by atoms with Gasteiger partial charge in [-0.1, -0.05) is 70.6 Å². The molecule has 3 atom stereocenters. The zero-order chi connectivity index (χ0) is 18.0. The van der Waals surface area contributed by atoms with Crippen LogP contribution in [0.1, 0.15) is 89.9 Å². The zero-order valence-electron chi connectivity index (χ0n) is 17.1. The molecular weight excluding hydrogens is 328 g/mol. The van der Waals surface area contributed by atoms with Crippen LogP contribution in [0.15, 0.2) is 0 Å². The summed E-state index contributed by atoms with van der Waals surface area (Å²) in [7, 11) is 1.77. The van der Waals surface area contributed by atoms with Crippen molar-refractivity contribution in [2.24, 2.45) is 5.92 Å². The lowest BCUT2D eigenvalue weighted by atomic mass is 9.85. The third kappa shape index (κ3) is 8.55. The molecule has 1 heterocycles. The maximum absolute atomic E-state index is 5.63. The second kappa shape index (κ2) is 11.7. The summed E-state index contributed by atoms with van der Waals surface area (Å²) in [6, 6.07) is 1.13. The lowest BCUT2D eigenvalue weighted by Crippen LogP contribution is -2.35. The van der Waals surface area contributed by atoms with Crippen molar-refractivity contribution in [3.8, 4) is 0 Å². The average Bonchev–Trinajstić information content (AvgIpc) is 3.41. The van der Waals surface area contributed by atoms with Crippen LogP contribution in [0.2, 0.25) is 12.6 Å². The van der Waals surface area contributed by atoms with Gasteiger partial charge in [0.25, 0.3) is 0 Å². The number of epoxide rings is 1. The van der Waals surface area contributed by atoms with E-state index < -0.39 is 8.56 Å². The monoisotopic (exact) mass is 370 g/mol. The molecule has 1 saturated heterocycles. The molecule has 0 bridgehead atoms. The van der Waals surface area contributed by atoms with Gasteiger partial charge in [0.1, 0.15) is 0 Å². The number of unbranched alkanes of at least 4 members (excludes halogenated alkanes) is 9. The fourth-order valence-corrected chi connectivity index (χ4v) is 5.80. The highest BCUT2D eigenvalue weighted by Gasteiger charge is 2.43. The fourth-order valence-electron chi connectivity index (χ4n) is 4.33. The van der Waals surface area contributed by atoms with Crippen molar-refractivity contribution in [2.75, 3.05) is 14.2 Å². The molecule has 0 spiro atoms. The first-order chi connectivity index (χ1) is 12.2. The molecule has 2 aliphatic rings. The second-order valence-corrected chi connectivity index (χ2v) is 12.1. The molecule has 0 amide bonds. The highest BCUT2D eigenvalue weighted by atomic mass is 28.4. The van der Waals surface area contributed by atoms with Crippen LogP contribution in [-0.4, -0.2) is 35.0 Å². The summed E-state index contributed by atoms with van der Waals surface area (Å²) in [5, 5.41) is 0. The van der Waals surface area contributed by atoms with Gasteiger partial charge < -0.3 is 13.6 Å². The summed E-state index contributed by atoms with van der Waals surface area (Å²) in [5.41, 5.74) is 0. The molecule has 0 radical (unpaired) electrons. The standard InChI is InChI=1S/C21H42O3Si/c1-22-25(3,23-2)17-13-11-9-7-5-4-6-8-10-12-14-19-15-16-20-21(18-19)24-20/h19-21H,4-18H2,1-3H3. The second-order valence-electron chi connectivity index (χ2n) is 8.51. The Balaban J connectivity index is 1.29. The van der Waals surface area contributed by atoms with E-state index in [1.807, 2.05) is 0 Å². The van der Waals surface area contributed by atoms with E-state index in [4.69, 9.17) is 13.6 Å². The Labute approximate surface area is 157 Å². The quantitative estimate of drug-likeness (QED) is 0.195. The number of rotatable bonds is 15. The van der Waals surface area contributed by atoms with E-state index in [0.717, 1.165) is 12.0 Å². The number of fused-ring (bicyclic) bond motifs is 1. The van der Waals surface area contributed by atoms with E-state index >= 15 is 0 Å². The van der Waals surface area contributed by atoms with Crippen molar-refractivity contribution in [3.63, 3.8) is 0 Å². The first kappa shape index (κ1) is 21.4. The van der Waals surface area contributed by atoms with E-state index in [2.05, 4.69) is 6.55 Å². The van der Waals surface area contributed by atoms with E-state index in [1.54, 1.807) is 14.2 Å². The van der Waals surface area contributed by atoms with E-state index in [-0.39, 0.29) is 0 Å². The molecule has 1 saturated carbocycles. The summed E-state index contributed by atoms with van der Waals surface area (Å²) in [6.07, 6.45) is 20.9. The molecule has 3 unspecified atom stereocenters. The van der Waals surface area contributed by atoms with Crippen molar-refractivity contribution in [1.82, 2.24) is 0 Å². The van der Waals surface area contributed by atoms with Gasteiger partial charge >= 0.3 is 8.56 Å². The van der Waals surface area contributed by atoms with Crippen LogP contribution >= 0.6 is 0 Å². The molecule has 1 aliphatic heterocycles. The van der Waals surface area contributed by atoms with Gasteiger partial charge in [-0.25, -0.2) is 0 Å².